The molecule has 148 valence electrons. The molecular formula is C21H28O6. The van der Waals surface area contributed by atoms with Crippen LogP contribution in [0.15, 0.2) is 33.5 Å². The average molecular weight is 376 g/mol. The van der Waals surface area contributed by atoms with Crippen LogP contribution in [0.1, 0.15) is 62.2 Å². The van der Waals surface area contributed by atoms with Crippen LogP contribution in [0.4, 0.5) is 0 Å². The number of benzene rings is 1. The first kappa shape index (κ1) is 21.0. The predicted octanol–water partition coefficient (Wildman–Crippen LogP) is 4.23. The molecule has 0 bridgehead atoms. The fourth-order valence-corrected chi connectivity index (χ4v) is 2.92. The van der Waals surface area contributed by atoms with Gasteiger partial charge in [0.2, 0.25) is 0 Å². The number of hydrogen-bond acceptors (Lipinski definition) is 5. The molecule has 0 radical (unpaired) electrons. The Balaban J connectivity index is 0.000000208. The van der Waals surface area contributed by atoms with Crippen LogP contribution in [0, 0.1) is 5.92 Å². The van der Waals surface area contributed by atoms with Gasteiger partial charge >= 0.3 is 11.6 Å². The van der Waals surface area contributed by atoms with Crippen LogP contribution in [-0.4, -0.2) is 29.4 Å². The lowest BCUT2D eigenvalue weighted by Gasteiger charge is -2.07. The van der Waals surface area contributed by atoms with Crippen molar-refractivity contribution in [1.82, 2.24) is 0 Å². The van der Waals surface area contributed by atoms with Gasteiger partial charge in [-0.05, 0) is 37.3 Å². The van der Waals surface area contributed by atoms with Crippen molar-refractivity contribution < 1.29 is 24.2 Å². The Labute approximate surface area is 158 Å². The van der Waals surface area contributed by atoms with E-state index < -0.39 is 11.6 Å². The maximum absolute atomic E-state index is 11.3. The number of unbranched alkanes of at least 4 members (excludes halogenated alkanes) is 3. The standard InChI is InChI=1S/C11H8O5.C10H20O/c1-15-8-4-2-3-6-5-7(10(12)13)11(14)16-9(6)8;1-2-3-4-5-6-10(11)9-7-8-9/h2-5H,1H3,(H,12,13);9-11H,2-8H2,1H3. The highest BCUT2D eigenvalue weighted by molar-refractivity contribution is 5.92. The minimum atomic E-state index is -1.31. The summed E-state index contributed by atoms with van der Waals surface area (Å²) in [7, 11) is 1.44. The Morgan fingerprint density at radius 1 is 1.30 bits per heavy atom. The second kappa shape index (κ2) is 10.1. The Hall–Kier alpha value is -2.34. The molecule has 1 aliphatic carbocycles. The van der Waals surface area contributed by atoms with Crippen molar-refractivity contribution in [3.63, 3.8) is 0 Å². The van der Waals surface area contributed by atoms with Crippen LogP contribution in [0.3, 0.4) is 0 Å². The van der Waals surface area contributed by atoms with Crippen molar-refractivity contribution in [2.45, 2.75) is 58.0 Å². The van der Waals surface area contributed by atoms with Gasteiger partial charge < -0.3 is 19.4 Å². The van der Waals surface area contributed by atoms with E-state index in [2.05, 4.69) is 6.92 Å². The number of aliphatic hydroxyl groups is 1. The summed E-state index contributed by atoms with van der Waals surface area (Å²) in [5.74, 6) is -0.235. The molecule has 1 unspecified atom stereocenters. The van der Waals surface area contributed by atoms with Gasteiger partial charge in [0.15, 0.2) is 11.3 Å². The first-order valence-electron chi connectivity index (χ1n) is 9.50. The largest absolute Gasteiger partial charge is 0.493 e. The van der Waals surface area contributed by atoms with Crippen LogP contribution >= 0.6 is 0 Å². The molecule has 1 aliphatic rings. The quantitative estimate of drug-likeness (QED) is 0.529. The summed E-state index contributed by atoms with van der Waals surface area (Å²) >= 11 is 0. The highest BCUT2D eigenvalue weighted by Crippen LogP contribution is 2.34. The van der Waals surface area contributed by atoms with Gasteiger partial charge in [-0.15, -0.1) is 0 Å². The normalized spacial score (nSPS) is 14.3. The molecule has 1 aromatic heterocycles. The molecule has 2 N–H and O–H groups in total. The highest BCUT2D eigenvalue weighted by Gasteiger charge is 2.28. The first-order chi connectivity index (χ1) is 13.0. The van der Waals surface area contributed by atoms with E-state index in [1.54, 1.807) is 18.2 Å². The lowest BCUT2D eigenvalue weighted by molar-refractivity contribution is 0.0692. The SMILES string of the molecule is CCCCCCC(O)C1CC1.COc1cccc2cc(C(=O)O)c(=O)oc12. The lowest BCUT2D eigenvalue weighted by atomic mass is 10.1. The molecule has 27 heavy (non-hydrogen) atoms. The molecule has 1 aromatic carbocycles. The number of carboxylic acids is 1. The predicted molar refractivity (Wildman–Crippen MR) is 103 cm³/mol. The fraction of sp³-hybridized carbons (Fsp3) is 0.524. The molecule has 1 heterocycles. The van der Waals surface area contributed by atoms with Gasteiger partial charge in [0.25, 0.3) is 0 Å². The monoisotopic (exact) mass is 376 g/mol. The van der Waals surface area contributed by atoms with Crippen molar-refractivity contribution in [2.75, 3.05) is 7.11 Å². The van der Waals surface area contributed by atoms with E-state index in [9.17, 15) is 14.7 Å². The first-order valence-corrected chi connectivity index (χ1v) is 9.50. The third kappa shape index (κ3) is 6.10. The number of ether oxygens (including phenoxy) is 1. The molecule has 2 aromatic rings. The number of rotatable bonds is 8. The number of methoxy groups -OCH3 is 1. The van der Waals surface area contributed by atoms with Gasteiger partial charge in [-0.1, -0.05) is 44.7 Å². The number of carboxylic acid groups (broad SMARTS) is 1. The van der Waals surface area contributed by atoms with Gasteiger partial charge in [-0.3, -0.25) is 0 Å². The summed E-state index contributed by atoms with van der Waals surface area (Å²) in [5.41, 5.74) is -1.02. The number of carbonyl (C=O) groups is 1. The topological polar surface area (TPSA) is 97.0 Å². The smallest absolute Gasteiger partial charge is 0.351 e. The van der Waals surface area contributed by atoms with E-state index >= 15 is 0 Å². The molecular weight excluding hydrogens is 348 g/mol. The number of fused-ring (bicyclic) bond motifs is 1. The van der Waals surface area contributed by atoms with Crippen molar-refractivity contribution >= 4 is 16.9 Å². The van der Waals surface area contributed by atoms with Crippen molar-refractivity contribution in [1.29, 1.82) is 0 Å². The van der Waals surface area contributed by atoms with Gasteiger partial charge in [0, 0.05) is 5.39 Å². The molecule has 0 spiro atoms. The molecule has 6 nitrogen and oxygen atoms in total. The van der Waals surface area contributed by atoms with Gasteiger partial charge in [0.1, 0.15) is 5.56 Å². The summed E-state index contributed by atoms with van der Waals surface area (Å²) < 4.78 is 9.92. The van der Waals surface area contributed by atoms with Crippen LogP contribution < -0.4 is 10.4 Å². The molecule has 0 saturated heterocycles. The highest BCUT2D eigenvalue weighted by atomic mass is 16.5. The molecule has 1 atom stereocenters. The van der Waals surface area contributed by atoms with Crippen LogP contribution in [0.25, 0.3) is 11.0 Å². The summed E-state index contributed by atoms with van der Waals surface area (Å²) in [4.78, 5) is 22.1. The van der Waals surface area contributed by atoms with Crippen molar-refractivity contribution in [3.8, 4) is 5.75 Å². The van der Waals surface area contributed by atoms with Crippen LogP contribution in [0.2, 0.25) is 0 Å². The zero-order chi connectivity index (χ0) is 19.8. The molecule has 3 rings (SSSR count). The van der Waals surface area contributed by atoms with E-state index in [1.165, 1.54) is 51.7 Å². The van der Waals surface area contributed by atoms with E-state index in [4.69, 9.17) is 14.3 Å². The molecule has 1 saturated carbocycles. The minimum absolute atomic E-state index is 0.0341. The van der Waals surface area contributed by atoms with E-state index in [1.807, 2.05) is 0 Å². The van der Waals surface area contributed by atoms with E-state index in [-0.39, 0.29) is 17.3 Å². The third-order valence-corrected chi connectivity index (χ3v) is 4.69. The second-order valence-corrected chi connectivity index (χ2v) is 6.89. The third-order valence-electron chi connectivity index (χ3n) is 4.69. The van der Waals surface area contributed by atoms with E-state index in [0.717, 1.165) is 6.42 Å². The molecule has 0 amide bonds. The minimum Gasteiger partial charge on any atom is -0.493 e. The average Bonchev–Trinajstić information content (AvgIpc) is 3.49. The van der Waals surface area contributed by atoms with Crippen molar-refractivity contribution in [3.05, 3.63) is 40.2 Å². The zero-order valence-corrected chi connectivity index (χ0v) is 15.9. The fourth-order valence-electron chi connectivity index (χ4n) is 2.92. The zero-order valence-electron chi connectivity index (χ0n) is 15.9. The summed E-state index contributed by atoms with van der Waals surface area (Å²) in [6, 6.07) is 6.23. The van der Waals surface area contributed by atoms with Crippen molar-refractivity contribution in [2.24, 2.45) is 5.92 Å². The Morgan fingerprint density at radius 2 is 2.04 bits per heavy atom. The van der Waals surface area contributed by atoms with Crippen LogP contribution in [0.5, 0.6) is 5.75 Å². The summed E-state index contributed by atoms with van der Waals surface area (Å²) in [6.45, 7) is 2.22. The number of aliphatic hydroxyl groups excluding tert-OH is 1. The molecule has 0 aliphatic heterocycles. The summed E-state index contributed by atoms with van der Waals surface area (Å²) in [6.07, 6.45) is 8.78. The lowest BCUT2D eigenvalue weighted by Crippen LogP contribution is -2.13. The van der Waals surface area contributed by atoms with E-state index in [0.29, 0.717) is 17.1 Å². The van der Waals surface area contributed by atoms with Gasteiger partial charge in [-0.2, -0.15) is 0 Å². The molecule has 1 fully saturated rings. The maximum Gasteiger partial charge on any atom is 0.351 e. The Morgan fingerprint density at radius 3 is 2.63 bits per heavy atom. The maximum atomic E-state index is 11.3. The summed E-state index contributed by atoms with van der Waals surface area (Å²) in [5, 5.41) is 18.8. The molecule has 6 heteroatoms. The van der Waals surface area contributed by atoms with Gasteiger partial charge in [0.05, 0.1) is 13.2 Å². The van der Waals surface area contributed by atoms with Gasteiger partial charge in [-0.25, -0.2) is 9.59 Å². The second-order valence-electron chi connectivity index (χ2n) is 6.89. The Bertz CT molecular complexity index is 806. The van der Waals surface area contributed by atoms with Crippen LogP contribution in [-0.2, 0) is 0 Å². The number of hydrogen-bond donors (Lipinski definition) is 2. The number of para-hydroxylation sites is 1. The Kier molecular flexibility index (Phi) is 7.85. The number of aromatic carboxylic acids is 1.